The van der Waals surface area contributed by atoms with E-state index in [1.807, 2.05) is 19.1 Å². The number of nitrogens with zero attached hydrogens (tertiary/aromatic N) is 2. The van der Waals surface area contributed by atoms with Crippen LogP contribution in [0.25, 0.3) is 5.70 Å². The number of hydrazone groups is 1. The highest BCUT2D eigenvalue weighted by Crippen LogP contribution is 2.05. The molecular weight excluding hydrogens is 150 g/mol. The van der Waals surface area contributed by atoms with E-state index >= 15 is 0 Å². The quantitative estimate of drug-likeness (QED) is 0.540. The summed E-state index contributed by atoms with van der Waals surface area (Å²) >= 11 is 0. The van der Waals surface area contributed by atoms with Crippen LogP contribution < -0.4 is 5.43 Å². The zero-order valence-electron chi connectivity index (χ0n) is 6.99. The summed E-state index contributed by atoms with van der Waals surface area (Å²) in [6.45, 7) is 5.65. The van der Waals surface area contributed by atoms with Gasteiger partial charge in [-0.1, -0.05) is 6.58 Å². The summed E-state index contributed by atoms with van der Waals surface area (Å²) in [7, 11) is 0. The number of nitrogens with one attached hydrogen (secondary N) is 1. The number of aromatic nitrogens is 1. The minimum Gasteiger partial charge on any atom is -0.279 e. The maximum absolute atomic E-state index is 3.90. The van der Waals surface area contributed by atoms with Crippen molar-refractivity contribution in [3.63, 3.8) is 0 Å². The van der Waals surface area contributed by atoms with E-state index in [4.69, 9.17) is 0 Å². The third kappa shape index (κ3) is 2.20. The predicted octanol–water partition coefficient (Wildman–Crippen LogP) is 1.65. The molecule has 0 amide bonds. The molecule has 1 aromatic heterocycles. The number of rotatable bonds is 3. The van der Waals surface area contributed by atoms with Gasteiger partial charge in [-0.25, -0.2) is 0 Å². The Bertz CT molecular complexity index is 277. The fourth-order valence-electron chi connectivity index (χ4n) is 0.760. The fraction of sp³-hybridized carbons (Fsp3) is 0.111. The molecule has 1 N–H and O–H groups in total. The third-order valence-corrected chi connectivity index (χ3v) is 1.36. The predicted molar refractivity (Wildman–Crippen MR) is 50.6 cm³/mol. The van der Waals surface area contributed by atoms with Crippen LogP contribution in [-0.2, 0) is 0 Å². The molecule has 62 valence electrons. The van der Waals surface area contributed by atoms with Crippen molar-refractivity contribution in [2.24, 2.45) is 5.10 Å². The lowest BCUT2D eigenvalue weighted by Gasteiger charge is -2.02. The third-order valence-electron chi connectivity index (χ3n) is 1.36. The molecular formula is C9H11N3. The SMILES string of the molecule is C=C(N/N=C\C)c1ccncc1. The van der Waals surface area contributed by atoms with Crippen molar-refractivity contribution < 1.29 is 0 Å². The lowest BCUT2D eigenvalue weighted by molar-refractivity contribution is 0.999. The summed E-state index contributed by atoms with van der Waals surface area (Å²) in [5, 5.41) is 3.85. The molecule has 3 nitrogen and oxygen atoms in total. The van der Waals surface area contributed by atoms with Gasteiger partial charge in [-0.15, -0.1) is 0 Å². The van der Waals surface area contributed by atoms with Crippen LogP contribution in [0.5, 0.6) is 0 Å². The topological polar surface area (TPSA) is 37.3 Å². The Kier molecular flexibility index (Phi) is 3.02. The summed E-state index contributed by atoms with van der Waals surface area (Å²) in [5.74, 6) is 0. The van der Waals surface area contributed by atoms with E-state index in [9.17, 15) is 0 Å². The van der Waals surface area contributed by atoms with Gasteiger partial charge in [-0.2, -0.15) is 5.10 Å². The molecule has 0 saturated heterocycles. The number of pyridine rings is 1. The second-order valence-electron chi connectivity index (χ2n) is 2.21. The Balaban J connectivity index is 2.66. The van der Waals surface area contributed by atoms with Crippen LogP contribution in [0, 0.1) is 0 Å². The maximum atomic E-state index is 3.90. The van der Waals surface area contributed by atoms with Gasteiger partial charge in [0.1, 0.15) is 0 Å². The summed E-state index contributed by atoms with van der Waals surface area (Å²) < 4.78 is 0. The maximum Gasteiger partial charge on any atom is 0.0563 e. The van der Waals surface area contributed by atoms with Gasteiger partial charge >= 0.3 is 0 Å². The van der Waals surface area contributed by atoms with Gasteiger partial charge in [0, 0.05) is 24.2 Å². The molecule has 0 aliphatic heterocycles. The first-order chi connectivity index (χ1) is 5.84. The molecule has 0 aromatic carbocycles. The lowest BCUT2D eigenvalue weighted by Crippen LogP contribution is -2.02. The highest BCUT2D eigenvalue weighted by Gasteiger charge is 1.93. The summed E-state index contributed by atoms with van der Waals surface area (Å²) in [4.78, 5) is 3.90. The van der Waals surface area contributed by atoms with E-state index < -0.39 is 0 Å². The molecule has 1 heterocycles. The van der Waals surface area contributed by atoms with E-state index in [1.165, 1.54) is 0 Å². The van der Waals surface area contributed by atoms with Crippen LogP contribution in [0.1, 0.15) is 12.5 Å². The van der Waals surface area contributed by atoms with Crippen LogP contribution >= 0.6 is 0 Å². The highest BCUT2D eigenvalue weighted by atomic mass is 15.3. The minimum atomic E-state index is 0.774. The van der Waals surface area contributed by atoms with Crippen LogP contribution in [0.4, 0.5) is 0 Å². The largest absolute Gasteiger partial charge is 0.279 e. The van der Waals surface area contributed by atoms with Crippen molar-refractivity contribution in [2.45, 2.75) is 6.92 Å². The van der Waals surface area contributed by atoms with Gasteiger partial charge in [-0.3, -0.25) is 10.4 Å². The Morgan fingerprint density at radius 2 is 2.25 bits per heavy atom. The second-order valence-corrected chi connectivity index (χ2v) is 2.21. The molecule has 0 saturated carbocycles. The Morgan fingerprint density at radius 3 is 2.83 bits per heavy atom. The van der Waals surface area contributed by atoms with Gasteiger partial charge < -0.3 is 0 Å². The van der Waals surface area contributed by atoms with Gasteiger partial charge in [-0.05, 0) is 19.1 Å². The molecule has 1 rings (SSSR count). The summed E-state index contributed by atoms with van der Waals surface area (Å²) in [6.07, 6.45) is 5.11. The molecule has 0 spiro atoms. The van der Waals surface area contributed by atoms with Crippen molar-refractivity contribution in [1.29, 1.82) is 0 Å². The highest BCUT2D eigenvalue weighted by molar-refractivity contribution is 5.62. The molecule has 1 aromatic rings. The van der Waals surface area contributed by atoms with Crippen molar-refractivity contribution in [1.82, 2.24) is 10.4 Å². The van der Waals surface area contributed by atoms with Gasteiger partial charge in [0.05, 0.1) is 5.70 Å². The van der Waals surface area contributed by atoms with Crippen molar-refractivity contribution in [2.75, 3.05) is 0 Å². The number of hydrogen-bond acceptors (Lipinski definition) is 3. The first-order valence-corrected chi connectivity index (χ1v) is 3.67. The standard InChI is InChI=1S/C9H11N3/c1-3-11-12-8(2)9-4-6-10-7-5-9/h3-7,12H,2H2,1H3/b11-3-. The van der Waals surface area contributed by atoms with Crippen molar-refractivity contribution in [3.05, 3.63) is 36.7 Å². The molecule has 3 heteroatoms. The molecule has 0 bridgehead atoms. The van der Waals surface area contributed by atoms with E-state index in [-0.39, 0.29) is 0 Å². The molecule has 12 heavy (non-hydrogen) atoms. The molecule has 0 radical (unpaired) electrons. The monoisotopic (exact) mass is 161 g/mol. The lowest BCUT2D eigenvalue weighted by atomic mass is 10.2. The Hall–Kier alpha value is -1.64. The van der Waals surface area contributed by atoms with Crippen LogP contribution in [-0.4, -0.2) is 11.2 Å². The van der Waals surface area contributed by atoms with Crippen molar-refractivity contribution in [3.8, 4) is 0 Å². The van der Waals surface area contributed by atoms with E-state index in [0.29, 0.717) is 0 Å². The average molecular weight is 161 g/mol. The van der Waals surface area contributed by atoms with Crippen LogP contribution in [0.3, 0.4) is 0 Å². The van der Waals surface area contributed by atoms with E-state index in [0.717, 1.165) is 11.3 Å². The fourth-order valence-corrected chi connectivity index (χ4v) is 0.760. The zero-order valence-corrected chi connectivity index (χ0v) is 6.99. The van der Waals surface area contributed by atoms with Crippen LogP contribution in [0.15, 0.2) is 36.2 Å². The average Bonchev–Trinajstić information content (AvgIpc) is 2.15. The number of hydrogen-bond donors (Lipinski definition) is 1. The molecule has 0 atom stereocenters. The summed E-state index contributed by atoms with van der Waals surface area (Å²) in [5.41, 5.74) is 4.57. The zero-order chi connectivity index (χ0) is 8.81. The van der Waals surface area contributed by atoms with Gasteiger partial charge in [0.2, 0.25) is 0 Å². The molecule has 0 fully saturated rings. The first kappa shape index (κ1) is 8.46. The van der Waals surface area contributed by atoms with Gasteiger partial charge in [0.25, 0.3) is 0 Å². The Labute approximate surface area is 71.8 Å². The minimum absolute atomic E-state index is 0.774. The molecule has 0 aliphatic rings. The normalized spacial score (nSPS) is 10.1. The van der Waals surface area contributed by atoms with E-state index in [2.05, 4.69) is 22.1 Å². The van der Waals surface area contributed by atoms with E-state index in [1.54, 1.807) is 18.6 Å². The second kappa shape index (κ2) is 4.28. The molecule has 0 unspecified atom stereocenters. The van der Waals surface area contributed by atoms with Gasteiger partial charge in [0.15, 0.2) is 0 Å². The Morgan fingerprint density at radius 1 is 1.58 bits per heavy atom. The first-order valence-electron chi connectivity index (χ1n) is 3.67. The summed E-state index contributed by atoms with van der Waals surface area (Å²) in [6, 6.07) is 3.75. The van der Waals surface area contributed by atoms with Crippen LogP contribution in [0.2, 0.25) is 0 Å². The molecule has 0 aliphatic carbocycles. The smallest absolute Gasteiger partial charge is 0.0563 e. The van der Waals surface area contributed by atoms with Crippen molar-refractivity contribution >= 4 is 11.9 Å².